The van der Waals surface area contributed by atoms with Crippen LogP contribution < -0.4 is 10.6 Å². The van der Waals surface area contributed by atoms with Crippen molar-refractivity contribution in [2.24, 2.45) is 5.92 Å². The molecule has 0 spiro atoms. The van der Waals surface area contributed by atoms with Crippen molar-refractivity contribution < 1.29 is 14.4 Å². The van der Waals surface area contributed by atoms with Gasteiger partial charge >= 0.3 is 0 Å². The molecule has 7 heteroatoms. The van der Waals surface area contributed by atoms with Crippen molar-refractivity contribution in [2.75, 3.05) is 19.6 Å². The van der Waals surface area contributed by atoms with Gasteiger partial charge in [0.05, 0.1) is 0 Å². The van der Waals surface area contributed by atoms with Crippen LogP contribution in [-0.4, -0.2) is 59.2 Å². The second-order valence-corrected chi connectivity index (χ2v) is 9.15. The summed E-state index contributed by atoms with van der Waals surface area (Å²) in [5.74, 6) is -0.0586. The molecule has 0 aliphatic carbocycles. The predicted octanol–water partition coefficient (Wildman–Crippen LogP) is 1.66. The van der Waals surface area contributed by atoms with Gasteiger partial charge < -0.3 is 10.2 Å². The summed E-state index contributed by atoms with van der Waals surface area (Å²) in [6, 6.07) is 5.86. The van der Waals surface area contributed by atoms with E-state index in [0.29, 0.717) is 30.5 Å². The lowest BCUT2D eigenvalue weighted by atomic mass is 9.96. The second kappa shape index (κ2) is 8.86. The van der Waals surface area contributed by atoms with Crippen LogP contribution in [0.3, 0.4) is 0 Å². The smallest absolute Gasteiger partial charge is 0.255 e. The van der Waals surface area contributed by atoms with E-state index in [1.807, 2.05) is 12.1 Å². The van der Waals surface area contributed by atoms with Gasteiger partial charge in [0.2, 0.25) is 11.8 Å². The van der Waals surface area contributed by atoms with Crippen LogP contribution in [-0.2, 0) is 22.7 Å². The first-order chi connectivity index (χ1) is 14.4. The molecule has 2 fully saturated rings. The summed E-state index contributed by atoms with van der Waals surface area (Å²) in [6.07, 6.45) is 3.13. The van der Waals surface area contributed by atoms with Crippen molar-refractivity contribution in [3.8, 4) is 0 Å². The Bertz CT molecular complexity index is 838. The number of likely N-dealkylation sites (tertiary alicyclic amines) is 1. The largest absolute Gasteiger partial charge is 0.322 e. The third-order valence-corrected chi connectivity index (χ3v) is 6.49. The first-order valence-electron chi connectivity index (χ1n) is 11.1. The SMILES string of the molecule is CC(C)NCC1CCCN(Cc2cccc3c2CN(C2CCC(=O)NC2=O)C3=O)C1. The van der Waals surface area contributed by atoms with Crippen molar-refractivity contribution in [3.05, 3.63) is 34.9 Å². The molecule has 2 atom stereocenters. The molecule has 3 aliphatic heterocycles. The Labute approximate surface area is 178 Å². The van der Waals surface area contributed by atoms with Crippen molar-refractivity contribution in [2.45, 2.75) is 64.7 Å². The molecule has 2 saturated heterocycles. The zero-order chi connectivity index (χ0) is 21.3. The molecular formula is C23H32N4O3. The molecule has 2 unspecified atom stereocenters. The van der Waals surface area contributed by atoms with Crippen LogP contribution in [0.5, 0.6) is 0 Å². The Balaban J connectivity index is 1.45. The molecule has 0 saturated carbocycles. The molecule has 3 aliphatic rings. The van der Waals surface area contributed by atoms with Gasteiger partial charge in [-0.05, 0) is 55.5 Å². The van der Waals surface area contributed by atoms with Crippen LogP contribution in [0.2, 0.25) is 0 Å². The van der Waals surface area contributed by atoms with Crippen LogP contribution >= 0.6 is 0 Å². The highest BCUT2D eigenvalue weighted by atomic mass is 16.2. The number of amides is 3. The van der Waals surface area contributed by atoms with Crippen molar-refractivity contribution in [3.63, 3.8) is 0 Å². The van der Waals surface area contributed by atoms with Gasteiger partial charge in [0, 0.05) is 37.7 Å². The van der Waals surface area contributed by atoms with E-state index in [4.69, 9.17) is 0 Å². The Morgan fingerprint density at radius 1 is 1.20 bits per heavy atom. The van der Waals surface area contributed by atoms with E-state index in [1.54, 1.807) is 4.90 Å². The lowest BCUT2D eigenvalue weighted by Crippen LogP contribution is -2.52. The topological polar surface area (TPSA) is 81.8 Å². The molecule has 1 aromatic carbocycles. The number of hydrogen-bond donors (Lipinski definition) is 2. The van der Waals surface area contributed by atoms with Gasteiger partial charge in [-0.15, -0.1) is 0 Å². The van der Waals surface area contributed by atoms with Gasteiger partial charge in [0.15, 0.2) is 0 Å². The summed E-state index contributed by atoms with van der Waals surface area (Å²) in [6.45, 7) is 8.82. The second-order valence-electron chi connectivity index (χ2n) is 9.15. The number of carbonyl (C=O) groups excluding carboxylic acids is 3. The molecule has 30 heavy (non-hydrogen) atoms. The minimum atomic E-state index is -0.558. The van der Waals surface area contributed by atoms with Gasteiger partial charge in [0.1, 0.15) is 6.04 Å². The molecule has 162 valence electrons. The molecule has 1 aromatic rings. The van der Waals surface area contributed by atoms with E-state index in [1.165, 1.54) is 18.4 Å². The van der Waals surface area contributed by atoms with E-state index in [9.17, 15) is 14.4 Å². The monoisotopic (exact) mass is 412 g/mol. The van der Waals surface area contributed by atoms with Gasteiger partial charge in [-0.1, -0.05) is 26.0 Å². The van der Waals surface area contributed by atoms with Crippen LogP contribution in [0.15, 0.2) is 18.2 Å². The Kier molecular flexibility index (Phi) is 6.20. The maximum Gasteiger partial charge on any atom is 0.255 e. The van der Waals surface area contributed by atoms with Gasteiger partial charge in [-0.25, -0.2) is 0 Å². The standard InChI is InChI=1S/C23H32N4O3/c1-15(2)24-11-16-5-4-10-26(12-16)13-17-6-3-7-18-19(17)14-27(23(18)30)20-8-9-21(28)25-22(20)29/h3,6-7,15-16,20,24H,4-5,8-14H2,1-2H3,(H,25,28,29). The van der Waals surface area contributed by atoms with Gasteiger partial charge in [-0.2, -0.15) is 0 Å². The van der Waals surface area contributed by atoms with E-state index >= 15 is 0 Å². The number of hydrogen-bond acceptors (Lipinski definition) is 5. The van der Waals surface area contributed by atoms with E-state index < -0.39 is 6.04 Å². The lowest BCUT2D eigenvalue weighted by Gasteiger charge is -2.33. The number of fused-ring (bicyclic) bond motifs is 1. The lowest BCUT2D eigenvalue weighted by molar-refractivity contribution is -0.136. The van der Waals surface area contributed by atoms with Crippen molar-refractivity contribution >= 4 is 17.7 Å². The highest BCUT2D eigenvalue weighted by Crippen LogP contribution is 2.31. The number of imide groups is 1. The van der Waals surface area contributed by atoms with Crippen molar-refractivity contribution in [1.82, 2.24) is 20.4 Å². The number of nitrogens with one attached hydrogen (secondary N) is 2. The van der Waals surface area contributed by atoms with E-state index in [-0.39, 0.29) is 24.1 Å². The molecule has 0 radical (unpaired) electrons. The van der Waals surface area contributed by atoms with Crippen LogP contribution in [0.4, 0.5) is 0 Å². The highest BCUT2D eigenvalue weighted by Gasteiger charge is 2.39. The summed E-state index contributed by atoms with van der Waals surface area (Å²) in [5, 5.41) is 5.93. The Morgan fingerprint density at radius 2 is 2.03 bits per heavy atom. The molecular weight excluding hydrogens is 380 g/mol. The average Bonchev–Trinajstić information content (AvgIpc) is 3.04. The number of rotatable bonds is 6. The third-order valence-electron chi connectivity index (χ3n) is 6.49. The fourth-order valence-electron chi connectivity index (χ4n) is 4.90. The summed E-state index contributed by atoms with van der Waals surface area (Å²) in [5.41, 5.74) is 2.91. The molecule has 7 nitrogen and oxygen atoms in total. The predicted molar refractivity (Wildman–Crippen MR) is 114 cm³/mol. The van der Waals surface area contributed by atoms with Crippen LogP contribution in [0.25, 0.3) is 0 Å². The highest BCUT2D eigenvalue weighted by molar-refractivity contribution is 6.05. The zero-order valence-corrected chi connectivity index (χ0v) is 17.9. The summed E-state index contributed by atoms with van der Waals surface area (Å²) < 4.78 is 0. The Hall–Kier alpha value is -2.25. The Morgan fingerprint density at radius 3 is 2.80 bits per heavy atom. The molecule has 0 bridgehead atoms. The van der Waals surface area contributed by atoms with Crippen molar-refractivity contribution in [1.29, 1.82) is 0 Å². The van der Waals surface area contributed by atoms with Crippen LogP contribution in [0, 0.1) is 5.92 Å². The molecule has 4 rings (SSSR count). The van der Waals surface area contributed by atoms with Crippen LogP contribution in [0.1, 0.15) is 61.0 Å². The van der Waals surface area contributed by atoms with E-state index in [2.05, 4.69) is 35.4 Å². The number of piperidine rings is 2. The quantitative estimate of drug-likeness (QED) is 0.695. The molecule has 2 N–H and O–H groups in total. The number of nitrogens with zero attached hydrogens (tertiary/aromatic N) is 2. The van der Waals surface area contributed by atoms with Gasteiger partial charge in [0.25, 0.3) is 5.91 Å². The normalized spacial score (nSPS) is 25.0. The minimum Gasteiger partial charge on any atom is -0.322 e. The molecule has 3 heterocycles. The fourth-order valence-corrected chi connectivity index (χ4v) is 4.90. The summed E-state index contributed by atoms with van der Waals surface area (Å²) >= 11 is 0. The first-order valence-corrected chi connectivity index (χ1v) is 11.1. The minimum absolute atomic E-state index is 0.0981. The van der Waals surface area contributed by atoms with E-state index in [0.717, 1.165) is 31.7 Å². The average molecular weight is 413 g/mol. The molecule has 0 aromatic heterocycles. The number of benzene rings is 1. The van der Waals surface area contributed by atoms with Gasteiger partial charge in [-0.3, -0.25) is 24.6 Å². The zero-order valence-electron chi connectivity index (χ0n) is 17.9. The fraction of sp³-hybridized carbons (Fsp3) is 0.609. The maximum absolute atomic E-state index is 13.0. The maximum atomic E-state index is 13.0. The molecule has 3 amide bonds. The summed E-state index contributed by atoms with van der Waals surface area (Å²) in [7, 11) is 0. The number of carbonyl (C=O) groups is 3. The first kappa shape index (κ1) is 21.0. The third kappa shape index (κ3) is 4.42. The summed E-state index contributed by atoms with van der Waals surface area (Å²) in [4.78, 5) is 40.9.